The van der Waals surface area contributed by atoms with Crippen LogP contribution in [0, 0.1) is 0 Å². The van der Waals surface area contributed by atoms with E-state index in [2.05, 4.69) is 9.47 Å². The van der Waals surface area contributed by atoms with E-state index < -0.39 is 24.1 Å². The molecule has 0 amide bonds. The molecule has 0 radical (unpaired) electrons. The van der Waals surface area contributed by atoms with Crippen LogP contribution in [-0.2, 0) is 23.8 Å². The molecule has 17 heavy (non-hydrogen) atoms. The van der Waals surface area contributed by atoms with Gasteiger partial charge in [-0.1, -0.05) is 0 Å². The maximum atomic E-state index is 10.8. The van der Waals surface area contributed by atoms with E-state index in [0.29, 0.717) is 0 Å². The molecule has 0 bridgehead atoms. The maximum Gasteiger partial charge on any atom is 0.334 e. The first-order valence-corrected chi connectivity index (χ1v) is 5.22. The minimum atomic E-state index is -1.15. The molecule has 7 nitrogen and oxygen atoms in total. The summed E-state index contributed by atoms with van der Waals surface area (Å²) < 4.78 is 14.2. The van der Waals surface area contributed by atoms with Crippen molar-refractivity contribution in [3.63, 3.8) is 0 Å². The van der Waals surface area contributed by atoms with Crippen molar-refractivity contribution >= 4 is 11.9 Å². The lowest BCUT2D eigenvalue weighted by Gasteiger charge is -2.08. The summed E-state index contributed by atoms with van der Waals surface area (Å²) >= 11 is 0. The van der Waals surface area contributed by atoms with Crippen molar-refractivity contribution < 1.29 is 34.0 Å². The maximum absolute atomic E-state index is 10.8. The minimum Gasteiger partial charge on any atom is -0.461 e. The molecular formula is C10H18O7. The van der Waals surface area contributed by atoms with Crippen molar-refractivity contribution in [3.05, 3.63) is 0 Å². The molecule has 0 aliphatic heterocycles. The van der Waals surface area contributed by atoms with Gasteiger partial charge in [0.05, 0.1) is 13.2 Å². The third-order valence-corrected chi connectivity index (χ3v) is 1.63. The van der Waals surface area contributed by atoms with E-state index in [1.807, 2.05) is 0 Å². The van der Waals surface area contributed by atoms with Crippen LogP contribution in [0.25, 0.3) is 0 Å². The lowest BCUT2D eigenvalue weighted by molar-refractivity contribution is -0.155. The Morgan fingerprint density at radius 2 is 1.24 bits per heavy atom. The number of hydrogen-bond donors (Lipinski definition) is 2. The lowest BCUT2D eigenvalue weighted by atomic mass is 10.4. The highest BCUT2D eigenvalue weighted by Crippen LogP contribution is 1.89. The van der Waals surface area contributed by atoms with Gasteiger partial charge in [-0.3, -0.25) is 0 Å². The number of esters is 2. The first-order chi connectivity index (χ1) is 7.95. The van der Waals surface area contributed by atoms with E-state index in [1.54, 1.807) is 0 Å². The predicted octanol–water partition coefficient (Wildman–Crippen LogP) is -1.15. The second-order valence-corrected chi connectivity index (χ2v) is 3.30. The van der Waals surface area contributed by atoms with Gasteiger partial charge < -0.3 is 24.4 Å². The van der Waals surface area contributed by atoms with E-state index in [0.717, 1.165) is 0 Å². The highest BCUT2D eigenvalue weighted by atomic mass is 16.6. The fraction of sp³-hybridized carbons (Fsp3) is 0.800. The third-order valence-electron chi connectivity index (χ3n) is 1.63. The number of rotatable bonds is 8. The van der Waals surface area contributed by atoms with Crippen LogP contribution in [-0.4, -0.2) is 60.8 Å². The average Bonchev–Trinajstić information content (AvgIpc) is 2.26. The first-order valence-electron chi connectivity index (χ1n) is 5.22. The number of carbonyl (C=O) groups excluding carboxylic acids is 2. The smallest absolute Gasteiger partial charge is 0.334 e. The number of carbonyl (C=O) groups is 2. The van der Waals surface area contributed by atoms with Gasteiger partial charge in [0.25, 0.3) is 0 Å². The van der Waals surface area contributed by atoms with Gasteiger partial charge in [0.1, 0.15) is 25.4 Å². The van der Waals surface area contributed by atoms with Crippen LogP contribution in [0.15, 0.2) is 0 Å². The molecule has 100 valence electrons. The minimum absolute atomic E-state index is 0.0219. The van der Waals surface area contributed by atoms with Crippen molar-refractivity contribution in [1.82, 2.24) is 0 Å². The predicted molar refractivity (Wildman–Crippen MR) is 56.1 cm³/mol. The summed E-state index contributed by atoms with van der Waals surface area (Å²) in [6.45, 7) is 2.94. The van der Waals surface area contributed by atoms with E-state index in [4.69, 9.17) is 14.9 Å². The Bertz CT molecular complexity index is 213. The molecule has 0 fully saturated rings. The highest BCUT2D eigenvalue weighted by molar-refractivity contribution is 5.74. The van der Waals surface area contributed by atoms with Crippen LogP contribution in [0.5, 0.6) is 0 Å². The van der Waals surface area contributed by atoms with Crippen LogP contribution in [0.2, 0.25) is 0 Å². The largest absolute Gasteiger partial charge is 0.461 e. The van der Waals surface area contributed by atoms with Gasteiger partial charge >= 0.3 is 11.9 Å². The summed E-state index contributed by atoms with van der Waals surface area (Å²) in [5.41, 5.74) is 0. The van der Waals surface area contributed by atoms with Gasteiger partial charge in [-0.2, -0.15) is 0 Å². The van der Waals surface area contributed by atoms with Gasteiger partial charge in [-0.05, 0) is 13.8 Å². The molecule has 0 aromatic heterocycles. The van der Waals surface area contributed by atoms with Gasteiger partial charge in [-0.25, -0.2) is 9.59 Å². The van der Waals surface area contributed by atoms with Crippen molar-refractivity contribution in [2.75, 3.05) is 26.4 Å². The zero-order chi connectivity index (χ0) is 13.3. The van der Waals surface area contributed by atoms with Crippen LogP contribution >= 0.6 is 0 Å². The van der Waals surface area contributed by atoms with E-state index in [9.17, 15) is 9.59 Å². The lowest BCUT2D eigenvalue weighted by Crippen LogP contribution is -2.23. The van der Waals surface area contributed by atoms with Crippen LogP contribution in [0.3, 0.4) is 0 Å². The molecule has 0 spiro atoms. The molecule has 0 aliphatic rings. The topological polar surface area (TPSA) is 102 Å². The Labute approximate surface area is 99.3 Å². The second-order valence-electron chi connectivity index (χ2n) is 3.30. The fourth-order valence-electron chi connectivity index (χ4n) is 0.746. The van der Waals surface area contributed by atoms with Gasteiger partial charge in [0.2, 0.25) is 0 Å². The van der Waals surface area contributed by atoms with Gasteiger partial charge in [0.15, 0.2) is 0 Å². The van der Waals surface area contributed by atoms with Crippen molar-refractivity contribution in [3.8, 4) is 0 Å². The Morgan fingerprint density at radius 1 is 0.882 bits per heavy atom. The zero-order valence-corrected chi connectivity index (χ0v) is 9.92. The fourth-order valence-corrected chi connectivity index (χ4v) is 0.746. The van der Waals surface area contributed by atoms with Crippen LogP contribution < -0.4 is 0 Å². The monoisotopic (exact) mass is 250 g/mol. The molecule has 0 unspecified atom stereocenters. The molecule has 2 N–H and O–H groups in total. The molecule has 0 rings (SSSR count). The average molecular weight is 250 g/mol. The normalized spacial score (nSPS) is 13.9. The Kier molecular flexibility index (Phi) is 8.29. The first kappa shape index (κ1) is 15.8. The van der Waals surface area contributed by atoms with E-state index >= 15 is 0 Å². The van der Waals surface area contributed by atoms with E-state index in [1.165, 1.54) is 13.8 Å². The Balaban J connectivity index is 3.30. The quantitative estimate of drug-likeness (QED) is 0.414. The van der Waals surface area contributed by atoms with Crippen LogP contribution in [0.1, 0.15) is 13.8 Å². The zero-order valence-electron chi connectivity index (χ0n) is 9.92. The number of ether oxygens (including phenoxy) is 3. The molecule has 2 atom stereocenters. The summed E-state index contributed by atoms with van der Waals surface area (Å²) in [6.07, 6.45) is -2.30. The summed E-state index contributed by atoms with van der Waals surface area (Å²) in [7, 11) is 0. The number of aliphatic hydroxyl groups excluding tert-OH is 2. The number of aliphatic hydroxyl groups is 2. The molecule has 0 heterocycles. The molecule has 0 saturated carbocycles. The molecule has 0 saturated heterocycles. The van der Waals surface area contributed by atoms with Gasteiger partial charge in [0, 0.05) is 0 Å². The molecular weight excluding hydrogens is 232 g/mol. The highest BCUT2D eigenvalue weighted by Gasteiger charge is 2.10. The number of hydrogen-bond acceptors (Lipinski definition) is 7. The summed E-state index contributed by atoms with van der Waals surface area (Å²) in [5, 5.41) is 17.6. The summed E-state index contributed by atoms with van der Waals surface area (Å²) in [4.78, 5) is 21.5. The SMILES string of the molecule is C[C@@H](O)C(=O)OCCOCCOC(=O)[C@@H](C)O. The van der Waals surface area contributed by atoms with Gasteiger partial charge in [-0.15, -0.1) is 0 Å². The van der Waals surface area contributed by atoms with Crippen molar-refractivity contribution in [1.29, 1.82) is 0 Å². The Morgan fingerprint density at radius 3 is 1.53 bits per heavy atom. The van der Waals surface area contributed by atoms with E-state index in [-0.39, 0.29) is 26.4 Å². The molecule has 0 aromatic rings. The standard InChI is InChI=1S/C10H18O7/c1-7(11)9(13)16-5-3-15-4-6-17-10(14)8(2)12/h7-8,11-12H,3-6H2,1-2H3/t7-,8-/m1/s1. The molecule has 0 aromatic carbocycles. The Hall–Kier alpha value is -1.18. The van der Waals surface area contributed by atoms with Crippen molar-refractivity contribution in [2.24, 2.45) is 0 Å². The third kappa shape index (κ3) is 8.61. The summed E-state index contributed by atoms with van der Waals surface area (Å²) in [5.74, 6) is -1.43. The molecule has 7 heteroatoms. The van der Waals surface area contributed by atoms with Crippen molar-refractivity contribution in [2.45, 2.75) is 26.1 Å². The second kappa shape index (κ2) is 8.91. The van der Waals surface area contributed by atoms with Crippen LogP contribution in [0.4, 0.5) is 0 Å². The summed E-state index contributed by atoms with van der Waals surface area (Å²) in [6, 6.07) is 0. The molecule has 0 aliphatic carbocycles.